The first-order chi connectivity index (χ1) is 10.4. The summed E-state index contributed by atoms with van der Waals surface area (Å²) >= 11 is 0. The summed E-state index contributed by atoms with van der Waals surface area (Å²) in [6.07, 6.45) is 2.31. The molecule has 4 nitrogen and oxygen atoms in total. The number of anilines is 1. The minimum absolute atomic E-state index is 0.126. The molecule has 1 fully saturated rings. The van der Waals surface area contributed by atoms with Gasteiger partial charge in [-0.05, 0) is 57.5 Å². The van der Waals surface area contributed by atoms with Crippen LogP contribution in [0, 0.1) is 5.92 Å². The molecule has 1 aromatic rings. The van der Waals surface area contributed by atoms with E-state index in [1.165, 1.54) is 6.42 Å². The SMILES string of the molecule is C=Nc1ccc(C(=O)N2CCC[C@H](C)C2)cc1N(C)C(C)C. The third kappa shape index (κ3) is 3.49. The number of aliphatic imine (C=N–C) groups is 1. The van der Waals surface area contributed by atoms with E-state index >= 15 is 0 Å². The third-order valence-corrected chi connectivity index (χ3v) is 4.49. The molecule has 1 aliphatic rings. The van der Waals surface area contributed by atoms with Crippen molar-refractivity contribution in [1.29, 1.82) is 0 Å². The molecular weight excluding hydrogens is 274 g/mol. The van der Waals surface area contributed by atoms with Gasteiger partial charge in [0, 0.05) is 31.7 Å². The minimum atomic E-state index is 0.126. The first kappa shape index (κ1) is 16.5. The van der Waals surface area contributed by atoms with Crippen molar-refractivity contribution in [2.45, 2.75) is 39.7 Å². The number of carbonyl (C=O) groups excluding carboxylic acids is 1. The van der Waals surface area contributed by atoms with E-state index in [1.54, 1.807) is 0 Å². The fourth-order valence-electron chi connectivity index (χ4n) is 2.91. The van der Waals surface area contributed by atoms with Crippen molar-refractivity contribution in [2.24, 2.45) is 10.9 Å². The number of hydrogen-bond donors (Lipinski definition) is 0. The van der Waals surface area contributed by atoms with E-state index in [2.05, 4.69) is 37.4 Å². The van der Waals surface area contributed by atoms with Crippen LogP contribution in [-0.2, 0) is 0 Å². The van der Waals surface area contributed by atoms with Gasteiger partial charge in [-0.2, -0.15) is 0 Å². The minimum Gasteiger partial charge on any atom is -0.370 e. The second-order valence-electron chi connectivity index (χ2n) is 6.56. The predicted octanol–water partition coefficient (Wildman–Crippen LogP) is 3.74. The highest BCUT2D eigenvalue weighted by molar-refractivity contribution is 5.96. The van der Waals surface area contributed by atoms with Gasteiger partial charge in [0.05, 0.1) is 11.4 Å². The van der Waals surface area contributed by atoms with E-state index in [4.69, 9.17) is 0 Å². The summed E-state index contributed by atoms with van der Waals surface area (Å²) < 4.78 is 0. The van der Waals surface area contributed by atoms with Gasteiger partial charge in [0.2, 0.25) is 0 Å². The molecule has 0 aromatic heterocycles. The lowest BCUT2D eigenvalue weighted by Crippen LogP contribution is -2.39. The van der Waals surface area contributed by atoms with Crippen LogP contribution in [0.3, 0.4) is 0 Å². The average molecular weight is 301 g/mol. The van der Waals surface area contributed by atoms with Crippen LogP contribution in [0.1, 0.15) is 44.0 Å². The van der Waals surface area contributed by atoms with E-state index < -0.39 is 0 Å². The van der Waals surface area contributed by atoms with Crippen LogP contribution >= 0.6 is 0 Å². The largest absolute Gasteiger partial charge is 0.370 e. The lowest BCUT2D eigenvalue weighted by atomic mass is 9.99. The molecule has 0 aliphatic carbocycles. The quantitative estimate of drug-likeness (QED) is 0.794. The number of amides is 1. The number of nitrogens with zero attached hydrogens (tertiary/aromatic N) is 3. The number of rotatable bonds is 4. The van der Waals surface area contributed by atoms with Crippen molar-refractivity contribution in [3.8, 4) is 0 Å². The zero-order chi connectivity index (χ0) is 16.3. The van der Waals surface area contributed by atoms with E-state index in [1.807, 2.05) is 30.1 Å². The number of carbonyl (C=O) groups is 1. The molecule has 1 heterocycles. The van der Waals surface area contributed by atoms with Gasteiger partial charge >= 0.3 is 0 Å². The summed E-state index contributed by atoms with van der Waals surface area (Å²) in [5.41, 5.74) is 2.52. The molecule has 0 unspecified atom stereocenters. The Balaban J connectivity index is 2.29. The van der Waals surface area contributed by atoms with Crippen molar-refractivity contribution in [3.05, 3.63) is 23.8 Å². The van der Waals surface area contributed by atoms with Crippen LogP contribution in [0.5, 0.6) is 0 Å². The molecule has 120 valence electrons. The highest BCUT2D eigenvalue weighted by Gasteiger charge is 2.23. The lowest BCUT2D eigenvalue weighted by molar-refractivity contribution is 0.0683. The summed E-state index contributed by atoms with van der Waals surface area (Å²) in [5, 5.41) is 0. The molecule has 1 atom stereocenters. The number of piperidine rings is 1. The number of hydrogen-bond acceptors (Lipinski definition) is 3. The number of benzene rings is 1. The fraction of sp³-hybridized carbons (Fsp3) is 0.556. The van der Waals surface area contributed by atoms with Crippen LogP contribution in [0.25, 0.3) is 0 Å². The molecule has 0 saturated carbocycles. The summed E-state index contributed by atoms with van der Waals surface area (Å²) in [4.78, 5) is 20.9. The van der Waals surface area contributed by atoms with Gasteiger partial charge in [-0.15, -0.1) is 0 Å². The molecule has 1 aliphatic heterocycles. The smallest absolute Gasteiger partial charge is 0.253 e. The average Bonchev–Trinajstić information content (AvgIpc) is 2.52. The first-order valence-corrected chi connectivity index (χ1v) is 8.07. The normalized spacial score (nSPS) is 18.4. The fourth-order valence-corrected chi connectivity index (χ4v) is 2.91. The molecule has 0 bridgehead atoms. The van der Waals surface area contributed by atoms with Crippen LogP contribution < -0.4 is 4.90 Å². The van der Waals surface area contributed by atoms with Gasteiger partial charge in [-0.25, -0.2) is 0 Å². The maximum absolute atomic E-state index is 12.8. The van der Waals surface area contributed by atoms with Crippen molar-refractivity contribution in [3.63, 3.8) is 0 Å². The summed E-state index contributed by atoms with van der Waals surface area (Å²) in [6, 6.07) is 6.04. The van der Waals surface area contributed by atoms with E-state index in [0.717, 1.165) is 36.4 Å². The standard InChI is InChI=1S/C18H27N3O/c1-13(2)20(5)17-11-15(8-9-16(17)19-4)18(22)21-10-6-7-14(3)12-21/h8-9,11,13-14H,4,6-7,10,12H2,1-3,5H3/t14-/m0/s1. The van der Waals surface area contributed by atoms with Crippen LogP contribution in [-0.4, -0.2) is 43.7 Å². The lowest BCUT2D eigenvalue weighted by Gasteiger charge is -2.31. The Kier molecular flexibility index (Phi) is 5.22. The van der Waals surface area contributed by atoms with Crippen molar-refractivity contribution < 1.29 is 4.79 Å². The molecule has 4 heteroatoms. The Morgan fingerprint density at radius 2 is 2.18 bits per heavy atom. The Bertz CT molecular complexity index is 553. The molecule has 0 radical (unpaired) electrons. The highest BCUT2D eigenvalue weighted by Crippen LogP contribution is 2.31. The van der Waals surface area contributed by atoms with E-state index in [9.17, 15) is 4.79 Å². The van der Waals surface area contributed by atoms with Crippen LogP contribution in [0.15, 0.2) is 23.2 Å². The van der Waals surface area contributed by atoms with Gasteiger partial charge in [0.1, 0.15) is 0 Å². The second-order valence-corrected chi connectivity index (χ2v) is 6.56. The molecular formula is C18H27N3O. The topological polar surface area (TPSA) is 35.9 Å². The zero-order valence-electron chi connectivity index (χ0n) is 14.2. The second kappa shape index (κ2) is 6.95. The molecule has 22 heavy (non-hydrogen) atoms. The van der Waals surface area contributed by atoms with Crippen molar-refractivity contribution in [2.75, 3.05) is 25.0 Å². The Labute approximate surface area is 133 Å². The first-order valence-electron chi connectivity index (χ1n) is 8.07. The molecule has 1 aromatic carbocycles. The van der Waals surface area contributed by atoms with E-state index in [0.29, 0.717) is 12.0 Å². The molecule has 1 amide bonds. The number of likely N-dealkylation sites (tertiary alicyclic amines) is 1. The van der Waals surface area contributed by atoms with Gasteiger partial charge in [0.25, 0.3) is 5.91 Å². The molecule has 0 N–H and O–H groups in total. The molecule has 2 rings (SSSR count). The van der Waals surface area contributed by atoms with Gasteiger partial charge in [0.15, 0.2) is 0 Å². The summed E-state index contributed by atoms with van der Waals surface area (Å²) in [6.45, 7) is 11.8. The van der Waals surface area contributed by atoms with E-state index in [-0.39, 0.29) is 5.91 Å². The maximum Gasteiger partial charge on any atom is 0.253 e. The van der Waals surface area contributed by atoms with Gasteiger partial charge < -0.3 is 9.80 Å². The zero-order valence-corrected chi connectivity index (χ0v) is 14.2. The molecule has 0 spiro atoms. The Morgan fingerprint density at radius 1 is 1.45 bits per heavy atom. The monoisotopic (exact) mass is 301 g/mol. The van der Waals surface area contributed by atoms with Crippen LogP contribution in [0.2, 0.25) is 0 Å². The van der Waals surface area contributed by atoms with Gasteiger partial charge in [-0.3, -0.25) is 9.79 Å². The highest BCUT2D eigenvalue weighted by atomic mass is 16.2. The summed E-state index contributed by atoms with van der Waals surface area (Å²) in [7, 11) is 2.02. The summed E-state index contributed by atoms with van der Waals surface area (Å²) in [5.74, 6) is 0.713. The van der Waals surface area contributed by atoms with Crippen LogP contribution in [0.4, 0.5) is 11.4 Å². The molecule has 1 saturated heterocycles. The van der Waals surface area contributed by atoms with Crippen molar-refractivity contribution in [1.82, 2.24) is 4.90 Å². The predicted molar refractivity (Wildman–Crippen MR) is 93.5 cm³/mol. The Morgan fingerprint density at radius 3 is 2.77 bits per heavy atom. The van der Waals surface area contributed by atoms with Crippen molar-refractivity contribution >= 4 is 24.0 Å². The third-order valence-electron chi connectivity index (χ3n) is 4.49. The van der Waals surface area contributed by atoms with Gasteiger partial charge in [-0.1, -0.05) is 6.92 Å². The maximum atomic E-state index is 12.8. The Hall–Kier alpha value is -1.84.